The fourth-order valence-electron chi connectivity index (χ4n) is 2.91. The van der Waals surface area contributed by atoms with Gasteiger partial charge in [-0.2, -0.15) is 23.4 Å². The van der Waals surface area contributed by atoms with Gasteiger partial charge in [-0.25, -0.2) is 34.1 Å². The molecule has 3 aromatic heterocycles. The van der Waals surface area contributed by atoms with E-state index in [1.807, 2.05) is 49.4 Å². The van der Waals surface area contributed by atoms with Crippen LogP contribution >= 0.6 is 0 Å². The summed E-state index contributed by atoms with van der Waals surface area (Å²) in [6.07, 6.45) is 1.54. The summed E-state index contributed by atoms with van der Waals surface area (Å²) >= 11 is 0. The maximum Gasteiger partial charge on any atom is 0.490 e. The number of hydrogen-bond donors (Lipinski definition) is 2. The highest BCUT2D eigenvalue weighted by atomic mass is 19.4. The van der Waals surface area contributed by atoms with E-state index in [-0.39, 0.29) is 0 Å². The zero-order chi connectivity index (χ0) is 25.0. The van der Waals surface area contributed by atoms with Gasteiger partial charge in [0.1, 0.15) is 30.3 Å². The van der Waals surface area contributed by atoms with Gasteiger partial charge in [-0.05, 0) is 37.3 Å². The molecule has 0 saturated carbocycles. The van der Waals surface area contributed by atoms with Crippen molar-refractivity contribution in [1.29, 1.82) is 0 Å². The summed E-state index contributed by atoms with van der Waals surface area (Å²) in [4.78, 5) is 26.1. The first kappa shape index (κ1) is 23.3. The lowest BCUT2D eigenvalue weighted by Gasteiger charge is -2.09. The van der Waals surface area contributed by atoms with Gasteiger partial charge in [0.15, 0.2) is 0 Å². The van der Waals surface area contributed by atoms with E-state index in [9.17, 15) is 13.2 Å². The van der Waals surface area contributed by atoms with Gasteiger partial charge >= 0.3 is 12.1 Å². The van der Waals surface area contributed by atoms with Crippen LogP contribution in [0.15, 0.2) is 67.6 Å². The van der Waals surface area contributed by atoms with Crippen LogP contribution in [0.25, 0.3) is 22.3 Å². The van der Waals surface area contributed by atoms with Gasteiger partial charge in [0, 0.05) is 17.3 Å². The number of carboxylic acid groups (broad SMARTS) is 1. The Morgan fingerprint density at radius 1 is 1.03 bits per heavy atom. The Bertz CT molecular complexity index is 1450. The molecule has 11 nitrogen and oxygen atoms in total. The van der Waals surface area contributed by atoms with Crippen LogP contribution in [0, 0.1) is 6.92 Å². The third-order valence-corrected chi connectivity index (χ3v) is 4.49. The number of aliphatic carboxylic acids is 1. The lowest BCUT2D eigenvalue weighted by molar-refractivity contribution is -0.192. The Labute approximate surface area is 194 Å². The number of nitrogens with one attached hydrogen (secondary N) is 1. The van der Waals surface area contributed by atoms with Gasteiger partial charge < -0.3 is 10.4 Å². The molecule has 0 aliphatic heterocycles. The smallest absolute Gasteiger partial charge is 0.475 e. The van der Waals surface area contributed by atoms with Crippen LogP contribution in [-0.2, 0) is 4.79 Å². The number of aromatic nitrogens is 8. The van der Waals surface area contributed by atoms with Gasteiger partial charge in [-0.3, -0.25) is 0 Å². The van der Waals surface area contributed by atoms with Crippen molar-refractivity contribution in [2.24, 2.45) is 0 Å². The summed E-state index contributed by atoms with van der Waals surface area (Å²) in [6, 6.07) is 13.7. The van der Waals surface area contributed by atoms with E-state index in [2.05, 4.69) is 35.5 Å². The van der Waals surface area contributed by atoms with Crippen molar-refractivity contribution in [3.8, 4) is 11.4 Å². The van der Waals surface area contributed by atoms with Gasteiger partial charge in [-0.1, -0.05) is 12.1 Å². The minimum Gasteiger partial charge on any atom is -0.475 e. The second-order valence-electron chi connectivity index (χ2n) is 6.96. The minimum atomic E-state index is -5.08. The van der Waals surface area contributed by atoms with Crippen molar-refractivity contribution < 1.29 is 23.1 Å². The standard InChI is InChI=1S/C19H15N9.C2HF3O2/c1-13-22-12-27(26-13)16-7-5-15(6-8-16)24-19-21-9-14-3-2-4-17(18(14)25-19)28-11-20-10-23-28;3-2(4,5)1(6)7/h2-12H,1H3,(H,21,24,25);(H,6,7). The number of aryl methyl sites for hydroxylation is 1. The van der Waals surface area contributed by atoms with Gasteiger partial charge in [-0.15, -0.1) is 0 Å². The molecule has 3 heterocycles. The van der Waals surface area contributed by atoms with Crippen LogP contribution < -0.4 is 5.32 Å². The molecule has 0 saturated heterocycles. The molecular weight excluding hydrogens is 467 g/mol. The molecule has 0 radical (unpaired) electrons. The molecule has 0 bridgehead atoms. The minimum absolute atomic E-state index is 0.504. The Morgan fingerprint density at radius 2 is 1.77 bits per heavy atom. The topological polar surface area (TPSA) is 137 Å². The van der Waals surface area contributed by atoms with Crippen LogP contribution in [0.2, 0.25) is 0 Å². The largest absolute Gasteiger partial charge is 0.490 e. The third kappa shape index (κ3) is 5.55. The Hall–Kier alpha value is -4.88. The lowest BCUT2D eigenvalue weighted by Crippen LogP contribution is -2.21. The first-order valence-electron chi connectivity index (χ1n) is 9.87. The van der Waals surface area contributed by atoms with Crippen molar-refractivity contribution in [2.75, 3.05) is 5.32 Å². The average Bonchev–Trinajstić information content (AvgIpc) is 3.51. The maximum atomic E-state index is 10.6. The highest BCUT2D eigenvalue weighted by Gasteiger charge is 2.38. The van der Waals surface area contributed by atoms with Crippen LogP contribution in [0.4, 0.5) is 24.8 Å². The number of halogens is 3. The maximum absolute atomic E-state index is 10.6. The first-order valence-corrected chi connectivity index (χ1v) is 9.87. The second kappa shape index (κ2) is 9.54. The van der Waals surface area contributed by atoms with Crippen LogP contribution in [-0.4, -0.2) is 56.7 Å². The highest BCUT2D eigenvalue weighted by Crippen LogP contribution is 2.22. The number of rotatable bonds is 4. The molecule has 5 rings (SSSR count). The van der Waals surface area contributed by atoms with Crippen molar-refractivity contribution in [2.45, 2.75) is 13.1 Å². The molecule has 0 aliphatic rings. The summed E-state index contributed by atoms with van der Waals surface area (Å²) in [7, 11) is 0. The molecule has 2 N–H and O–H groups in total. The normalized spacial score (nSPS) is 11.1. The zero-order valence-corrected chi connectivity index (χ0v) is 17.9. The quantitative estimate of drug-likeness (QED) is 0.394. The molecule has 5 aromatic rings. The van der Waals surface area contributed by atoms with E-state index in [1.165, 1.54) is 6.33 Å². The Morgan fingerprint density at radius 3 is 2.37 bits per heavy atom. The van der Waals surface area contributed by atoms with Crippen molar-refractivity contribution >= 4 is 28.5 Å². The number of anilines is 2. The molecule has 0 fully saturated rings. The van der Waals surface area contributed by atoms with Crippen LogP contribution in [0.1, 0.15) is 5.82 Å². The number of carbonyl (C=O) groups is 1. The molecule has 35 heavy (non-hydrogen) atoms. The van der Waals surface area contributed by atoms with E-state index in [4.69, 9.17) is 9.90 Å². The molecule has 0 amide bonds. The first-order chi connectivity index (χ1) is 16.7. The molecular formula is C21H16F3N9O2. The lowest BCUT2D eigenvalue weighted by atomic mass is 10.2. The molecule has 0 atom stereocenters. The number of para-hydroxylation sites is 1. The summed E-state index contributed by atoms with van der Waals surface area (Å²) in [5.74, 6) is -1.52. The number of nitrogens with zero attached hydrogens (tertiary/aromatic N) is 8. The molecule has 0 unspecified atom stereocenters. The molecule has 14 heteroatoms. The fourth-order valence-corrected chi connectivity index (χ4v) is 2.91. The summed E-state index contributed by atoms with van der Waals surface area (Å²) in [5.41, 5.74) is 3.44. The van der Waals surface area contributed by atoms with Gasteiger partial charge in [0.05, 0.1) is 11.4 Å². The van der Waals surface area contributed by atoms with E-state index >= 15 is 0 Å². The highest BCUT2D eigenvalue weighted by molar-refractivity contribution is 5.86. The number of benzene rings is 2. The monoisotopic (exact) mass is 483 g/mol. The second-order valence-corrected chi connectivity index (χ2v) is 6.96. The summed E-state index contributed by atoms with van der Waals surface area (Å²) < 4.78 is 35.2. The SMILES string of the molecule is Cc1ncn(-c2ccc(Nc3ncc4cccc(-n5cncn5)c4n3)cc2)n1.O=C(O)C(F)(F)F. The Kier molecular flexibility index (Phi) is 6.35. The summed E-state index contributed by atoms with van der Waals surface area (Å²) in [5, 5.41) is 19.8. The van der Waals surface area contributed by atoms with Crippen LogP contribution in [0.3, 0.4) is 0 Å². The van der Waals surface area contributed by atoms with Crippen LogP contribution in [0.5, 0.6) is 0 Å². The van der Waals surface area contributed by atoms with E-state index in [0.29, 0.717) is 5.95 Å². The van der Waals surface area contributed by atoms with Gasteiger partial charge in [0.2, 0.25) is 5.95 Å². The van der Waals surface area contributed by atoms with Gasteiger partial charge in [0.25, 0.3) is 0 Å². The number of fused-ring (bicyclic) bond motifs is 1. The molecule has 0 spiro atoms. The number of alkyl halides is 3. The third-order valence-electron chi connectivity index (χ3n) is 4.49. The summed E-state index contributed by atoms with van der Waals surface area (Å²) in [6.45, 7) is 1.86. The molecule has 178 valence electrons. The fraction of sp³-hybridized carbons (Fsp3) is 0.0952. The van der Waals surface area contributed by atoms with E-state index < -0.39 is 12.1 Å². The molecule has 2 aromatic carbocycles. The number of hydrogen-bond acceptors (Lipinski definition) is 8. The molecule has 0 aliphatic carbocycles. The predicted octanol–water partition coefficient (Wildman–Crippen LogP) is 3.48. The van der Waals surface area contributed by atoms with E-state index in [0.717, 1.165) is 33.8 Å². The van der Waals surface area contributed by atoms with Crippen molar-refractivity contribution in [1.82, 2.24) is 39.5 Å². The average molecular weight is 483 g/mol. The number of carboxylic acids is 1. The van der Waals surface area contributed by atoms with Crippen molar-refractivity contribution in [3.63, 3.8) is 0 Å². The predicted molar refractivity (Wildman–Crippen MR) is 118 cm³/mol. The van der Waals surface area contributed by atoms with Crippen molar-refractivity contribution in [3.05, 3.63) is 73.5 Å². The Balaban J connectivity index is 0.000000364. The zero-order valence-electron chi connectivity index (χ0n) is 17.9. The van der Waals surface area contributed by atoms with E-state index in [1.54, 1.807) is 28.2 Å².